The van der Waals surface area contributed by atoms with Gasteiger partial charge in [-0.2, -0.15) is 0 Å². The van der Waals surface area contributed by atoms with Crippen LogP contribution in [0.5, 0.6) is 0 Å². The molecule has 0 aliphatic carbocycles. The number of aromatic nitrogens is 1. The quantitative estimate of drug-likeness (QED) is 0.533. The molecular formula is C22H34ClN3O6. The fourth-order valence-electron chi connectivity index (χ4n) is 2.32. The Morgan fingerprint density at radius 1 is 0.906 bits per heavy atom. The van der Waals surface area contributed by atoms with Crippen LogP contribution in [0.25, 0.3) is 0 Å². The Morgan fingerprint density at radius 3 is 1.72 bits per heavy atom. The number of carbonyl (C=O) groups excluding carboxylic acids is 3. The molecule has 0 aromatic carbocycles. The number of nitrogens with zero attached hydrogens (tertiary/aromatic N) is 2. The zero-order valence-electron chi connectivity index (χ0n) is 20.5. The van der Waals surface area contributed by atoms with Crippen LogP contribution in [0.15, 0.2) is 6.07 Å². The molecule has 0 bridgehead atoms. The average Bonchev–Trinajstić information content (AvgIpc) is 2.48. The number of aryl methyl sites for hydroxylation is 1. The summed E-state index contributed by atoms with van der Waals surface area (Å²) < 4.78 is 15.9. The minimum absolute atomic E-state index is 0.173. The summed E-state index contributed by atoms with van der Waals surface area (Å²) in [5.74, 6) is 0.173. The lowest BCUT2D eigenvalue weighted by molar-refractivity contribution is -0.000300. The number of halogens is 1. The second-order valence-corrected chi connectivity index (χ2v) is 10.6. The zero-order chi connectivity index (χ0) is 25.1. The summed E-state index contributed by atoms with van der Waals surface area (Å²) in [7, 11) is 0. The molecular weight excluding hydrogens is 438 g/mol. The number of nitrogens with one attached hydrogen (secondary N) is 1. The first-order valence-electron chi connectivity index (χ1n) is 10.2. The number of anilines is 1. The number of imide groups is 1. The van der Waals surface area contributed by atoms with Crippen LogP contribution in [-0.4, -0.2) is 45.0 Å². The maximum atomic E-state index is 12.7. The maximum absolute atomic E-state index is 12.7. The minimum atomic E-state index is -0.877. The van der Waals surface area contributed by atoms with Gasteiger partial charge in [-0.1, -0.05) is 11.6 Å². The molecule has 0 radical (unpaired) electrons. The van der Waals surface area contributed by atoms with Crippen molar-refractivity contribution in [2.75, 3.05) is 5.32 Å². The highest BCUT2D eigenvalue weighted by Crippen LogP contribution is 2.26. The Balaban J connectivity index is 3.19. The van der Waals surface area contributed by atoms with E-state index in [1.807, 2.05) is 0 Å². The van der Waals surface area contributed by atoms with Crippen LogP contribution < -0.4 is 5.32 Å². The van der Waals surface area contributed by atoms with E-state index in [1.165, 1.54) is 6.07 Å². The number of pyridine rings is 1. The molecule has 0 aliphatic heterocycles. The lowest BCUT2D eigenvalue weighted by Gasteiger charge is -2.29. The molecule has 0 atom stereocenters. The lowest BCUT2D eigenvalue weighted by atomic mass is 10.2. The third-order valence-corrected chi connectivity index (χ3v) is 3.79. The third-order valence-electron chi connectivity index (χ3n) is 3.45. The molecule has 1 aromatic heterocycles. The van der Waals surface area contributed by atoms with Gasteiger partial charge < -0.3 is 14.2 Å². The Kier molecular flexibility index (Phi) is 8.53. The molecule has 1 rings (SSSR count). The van der Waals surface area contributed by atoms with Crippen LogP contribution in [0.3, 0.4) is 0 Å². The van der Waals surface area contributed by atoms with E-state index in [0.29, 0.717) is 11.3 Å². The summed E-state index contributed by atoms with van der Waals surface area (Å²) in [6.07, 6.45) is -2.44. The van der Waals surface area contributed by atoms with Crippen molar-refractivity contribution in [2.24, 2.45) is 0 Å². The van der Waals surface area contributed by atoms with Gasteiger partial charge in [0.15, 0.2) is 0 Å². The van der Waals surface area contributed by atoms with E-state index in [2.05, 4.69) is 10.3 Å². The number of amides is 3. The molecule has 0 aliphatic rings. The van der Waals surface area contributed by atoms with E-state index >= 15 is 0 Å². The van der Waals surface area contributed by atoms with E-state index in [4.69, 9.17) is 25.8 Å². The van der Waals surface area contributed by atoms with E-state index < -0.39 is 35.1 Å². The van der Waals surface area contributed by atoms with Crippen molar-refractivity contribution in [3.63, 3.8) is 0 Å². The van der Waals surface area contributed by atoms with Crippen LogP contribution in [0.1, 0.15) is 73.6 Å². The second kappa shape index (κ2) is 9.94. The molecule has 10 heteroatoms. The number of rotatable bonds is 3. The molecule has 0 saturated carbocycles. The fraction of sp³-hybridized carbons (Fsp3) is 0.636. The number of carbonyl (C=O) groups is 3. The largest absolute Gasteiger partial charge is 0.444 e. The van der Waals surface area contributed by atoms with Crippen molar-refractivity contribution in [1.29, 1.82) is 0 Å². The van der Waals surface area contributed by atoms with Crippen molar-refractivity contribution >= 4 is 35.7 Å². The third kappa shape index (κ3) is 9.72. The molecule has 9 nitrogen and oxygen atoms in total. The Labute approximate surface area is 194 Å². The summed E-state index contributed by atoms with van der Waals surface area (Å²) >= 11 is 6.41. The van der Waals surface area contributed by atoms with Gasteiger partial charge in [-0.05, 0) is 75.3 Å². The molecule has 0 spiro atoms. The Hall–Kier alpha value is -2.55. The van der Waals surface area contributed by atoms with Crippen molar-refractivity contribution in [3.8, 4) is 0 Å². The summed E-state index contributed by atoms with van der Waals surface area (Å²) in [6.45, 7) is 16.8. The van der Waals surface area contributed by atoms with Gasteiger partial charge in [0.2, 0.25) is 0 Å². The van der Waals surface area contributed by atoms with Crippen molar-refractivity contribution < 1.29 is 28.6 Å². The van der Waals surface area contributed by atoms with Gasteiger partial charge in [0, 0.05) is 11.3 Å². The van der Waals surface area contributed by atoms with E-state index in [1.54, 1.807) is 69.2 Å². The van der Waals surface area contributed by atoms with Crippen LogP contribution in [0.2, 0.25) is 5.02 Å². The Bertz CT molecular complexity index is 815. The average molecular weight is 472 g/mol. The van der Waals surface area contributed by atoms with Crippen molar-refractivity contribution in [2.45, 2.75) is 92.6 Å². The number of hydrogen-bond donors (Lipinski definition) is 1. The monoisotopic (exact) mass is 471 g/mol. The molecule has 1 aromatic rings. The molecule has 0 unspecified atom stereocenters. The van der Waals surface area contributed by atoms with Gasteiger partial charge >= 0.3 is 18.3 Å². The second-order valence-electron chi connectivity index (χ2n) is 10.2. The van der Waals surface area contributed by atoms with Crippen LogP contribution in [0.4, 0.5) is 20.2 Å². The van der Waals surface area contributed by atoms with Gasteiger partial charge in [-0.25, -0.2) is 24.3 Å². The van der Waals surface area contributed by atoms with Gasteiger partial charge in [-0.3, -0.25) is 5.32 Å². The van der Waals surface area contributed by atoms with Crippen LogP contribution in [-0.2, 0) is 20.8 Å². The lowest BCUT2D eigenvalue weighted by Crippen LogP contribution is -2.43. The zero-order valence-corrected chi connectivity index (χ0v) is 21.3. The van der Waals surface area contributed by atoms with E-state index in [9.17, 15) is 14.4 Å². The minimum Gasteiger partial charge on any atom is -0.444 e. The SMILES string of the molecule is Cc1nc(NC(=O)OC(C)(C)C)cc(Cl)c1CN(C(=O)OC(C)(C)C)C(=O)OC(C)(C)C. The molecule has 1 heterocycles. The highest BCUT2D eigenvalue weighted by Gasteiger charge is 2.32. The summed E-state index contributed by atoms with van der Waals surface area (Å²) in [4.78, 5) is 42.6. The van der Waals surface area contributed by atoms with Gasteiger partial charge in [-0.15, -0.1) is 0 Å². The summed E-state index contributed by atoms with van der Waals surface area (Å²) in [6, 6.07) is 1.41. The first-order chi connectivity index (χ1) is 14.3. The smallest absolute Gasteiger partial charge is 0.420 e. The molecule has 180 valence electrons. The van der Waals surface area contributed by atoms with Crippen LogP contribution in [0, 0.1) is 6.92 Å². The highest BCUT2D eigenvalue weighted by molar-refractivity contribution is 6.31. The van der Waals surface area contributed by atoms with Crippen molar-refractivity contribution in [3.05, 3.63) is 22.3 Å². The van der Waals surface area contributed by atoms with Gasteiger partial charge in [0.25, 0.3) is 0 Å². The molecule has 1 N–H and O–H groups in total. The van der Waals surface area contributed by atoms with E-state index in [0.717, 1.165) is 4.90 Å². The maximum Gasteiger partial charge on any atom is 0.420 e. The highest BCUT2D eigenvalue weighted by atomic mass is 35.5. The topological polar surface area (TPSA) is 107 Å². The van der Waals surface area contributed by atoms with Crippen molar-refractivity contribution in [1.82, 2.24) is 9.88 Å². The van der Waals surface area contributed by atoms with Gasteiger partial charge in [0.1, 0.15) is 22.6 Å². The summed E-state index contributed by atoms with van der Waals surface area (Å²) in [5, 5.41) is 2.71. The number of hydrogen-bond acceptors (Lipinski definition) is 7. The predicted octanol–water partition coefficient (Wildman–Crippen LogP) is 6.06. The molecule has 3 amide bonds. The molecule has 0 fully saturated rings. The number of ether oxygens (including phenoxy) is 3. The standard InChI is InChI=1S/C22H34ClN3O6/c1-13-14(15(23)11-16(24-13)25-17(27)30-20(2,3)4)12-26(18(28)31-21(5,6)7)19(29)32-22(8,9)10/h11H,12H2,1-10H3,(H,24,25,27). The van der Waals surface area contributed by atoms with Gasteiger partial charge in [0.05, 0.1) is 11.6 Å². The van der Waals surface area contributed by atoms with Crippen LogP contribution >= 0.6 is 11.6 Å². The first kappa shape index (κ1) is 27.5. The summed E-state index contributed by atoms with van der Waals surface area (Å²) in [5.41, 5.74) is -1.52. The normalized spacial score (nSPS) is 12.1. The predicted molar refractivity (Wildman–Crippen MR) is 122 cm³/mol. The fourth-order valence-corrected chi connectivity index (χ4v) is 2.62. The molecule has 32 heavy (non-hydrogen) atoms. The molecule has 0 saturated heterocycles. The first-order valence-corrected chi connectivity index (χ1v) is 10.5. The Morgan fingerprint density at radius 2 is 1.34 bits per heavy atom. The van der Waals surface area contributed by atoms with E-state index in [-0.39, 0.29) is 17.4 Å².